The van der Waals surface area contributed by atoms with Gasteiger partial charge in [-0.25, -0.2) is 19.4 Å². The van der Waals surface area contributed by atoms with Crippen molar-refractivity contribution in [2.24, 2.45) is 0 Å². The number of aryl methyl sites for hydroxylation is 1. The zero-order valence-corrected chi connectivity index (χ0v) is 18.8. The van der Waals surface area contributed by atoms with Gasteiger partial charge in [0.1, 0.15) is 23.4 Å². The first-order chi connectivity index (χ1) is 15.8. The second-order valence-electron chi connectivity index (χ2n) is 8.14. The van der Waals surface area contributed by atoms with Gasteiger partial charge in [0.15, 0.2) is 17.3 Å². The Morgan fingerprint density at radius 2 is 2.06 bits per heavy atom. The molecule has 174 valence electrons. The monoisotopic (exact) mass is 455 g/mol. The molecule has 12 nitrogen and oxygen atoms in total. The normalized spacial score (nSPS) is 11.6. The maximum Gasteiger partial charge on any atom is 0.407 e. The summed E-state index contributed by atoms with van der Waals surface area (Å²) < 4.78 is 23.0. The largest absolute Gasteiger partial charge is 0.476 e. The van der Waals surface area contributed by atoms with E-state index in [4.69, 9.17) is 29.2 Å². The van der Waals surface area contributed by atoms with Crippen LogP contribution in [0.4, 0.5) is 10.6 Å². The van der Waals surface area contributed by atoms with Crippen molar-refractivity contribution < 1.29 is 23.3 Å². The van der Waals surface area contributed by atoms with Crippen LogP contribution in [0.5, 0.6) is 5.88 Å². The lowest BCUT2D eigenvalue weighted by Crippen LogP contribution is -2.34. The summed E-state index contributed by atoms with van der Waals surface area (Å²) in [5, 5.41) is 10.2. The van der Waals surface area contributed by atoms with Crippen molar-refractivity contribution in [3.8, 4) is 28.7 Å². The Bertz CT molecular complexity index is 1250. The third-order valence-electron chi connectivity index (χ3n) is 4.57. The highest BCUT2D eigenvalue weighted by Crippen LogP contribution is 2.34. The number of alkyl carbamates (subject to hydrolysis) is 1. The van der Waals surface area contributed by atoms with Crippen LogP contribution in [0.25, 0.3) is 33.8 Å². The van der Waals surface area contributed by atoms with Crippen molar-refractivity contribution in [2.45, 2.75) is 39.8 Å². The number of ether oxygens (including phenoxy) is 2. The van der Waals surface area contributed by atoms with Crippen LogP contribution < -0.4 is 15.8 Å². The van der Waals surface area contributed by atoms with Crippen LogP contribution in [0, 0.1) is 0 Å². The van der Waals surface area contributed by atoms with E-state index in [0.717, 1.165) is 11.1 Å². The van der Waals surface area contributed by atoms with Crippen LogP contribution in [-0.4, -0.2) is 49.7 Å². The van der Waals surface area contributed by atoms with E-state index in [9.17, 15) is 4.79 Å². The number of pyridine rings is 1. The Labute approximate surface area is 189 Å². The molecule has 0 aliphatic carbocycles. The van der Waals surface area contributed by atoms with Gasteiger partial charge < -0.3 is 29.5 Å². The minimum atomic E-state index is -0.573. The molecule has 1 amide bonds. The average Bonchev–Trinajstić information content (AvgIpc) is 3.48. The van der Waals surface area contributed by atoms with E-state index in [1.54, 1.807) is 45.4 Å². The SMILES string of the molecule is CCn1c(-c2nonc2N)nc2c(-c3ccoc3)nc(OCCNC(=O)OC(C)(C)C)cc21. The number of anilines is 1. The second kappa shape index (κ2) is 8.81. The zero-order chi connectivity index (χ0) is 23.6. The molecule has 12 heteroatoms. The quantitative estimate of drug-likeness (QED) is 0.396. The van der Waals surface area contributed by atoms with Crippen LogP contribution in [0.1, 0.15) is 27.7 Å². The number of rotatable bonds is 7. The fraction of sp³-hybridized carbons (Fsp3) is 0.381. The number of hydrogen-bond acceptors (Lipinski definition) is 10. The van der Waals surface area contributed by atoms with Gasteiger partial charge in [0.05, 0.1) is 24.6 Å². The van der Waals surface area contributed by atoms with Gasteiger partial charge in [0.2, 0.25) is 5.88 Å². The molecule has 3 N–H and O–H groups in total. The van der Waals surface area contributed by atoms with Gasteiger partial charge in [0, 0.05) is 18.2 Å². The van der Waals surface area contributed by atoms with Gasteiger partial charge in [-0.05, 0) is 44.1 Å². The van der Waals surface area contributed by atoms with Crippen LogP contribution in [0.3, 0.4) is 0 Å². The number of furan rings is 1. The van der Waals surface area contributed by atoms with Gasteiger partial charge in [-0.1, -0.05) is 0 Å². The number of aromatic nitrogens is 5. The molecule has 4 heterocycles. The number of nitrogens with two attached hydrogens (primary N) is 1. The van der Waals surface area contributed by atoms with Crippen LogP contribution >= 0.6 is 0 Å². The molecule has 4 aromatic heterocycles. The Morgan fingerprint density at radius 3 is 2.70 bits per heavy atom. The van der Waals surface area contributed by atoms with E-state index < -0.39 is 11.7 Å². The first kappa shape index (κ1) is 22.1. The third-order valence-corrected chi connectivity index (χ3v) is 4.57. The second-order valence-corrected chi connectivity index (χ2v) is 8.14. The molecule has 0 saturated heterocycles. The minimum absolute atomic E-state index is 0.141. The van der Waals surface area contributed by atoms with Gasteiger partial charge in [-0.3, -0.25) is 0 Å². The predicted molar refractivity (Wildman–Crippen MR) is 118 cm³/mol. The fourth-order valence-corrected chi connectivity index (χ4v) is 3.25. The minimum Gasteiger partial charge on any atom is -0.476 e. The average molecular weight is 455 g/mol. The van der Waals surface area contributed by atoms with Crippen molar-refractivity contribution in [2.75, 3.05) is 18.9 Å². The van der Waals surface area contributed by atoms with Crippen molar-refractivity contribution >= 4 is 22.9 Å². The lowest BCUT2D eigenvalue weighted by atomic mass is 10.2. The summed E-state index contributed by atoms with van der Waals surface area (Å²) in [6.07, 6.45) is 2.62. The summed E-state index contributed by atoms with van der Waals surface area (Å²) in [6.45, 7) is 8.38. The standard InChI is InChI=1S/C21H25N7O5/c1-5-28-13-10-14(31-9-7-23-20(29)32-21(2,3)4)24-15(12-6-8-30-11-12)16(13)25-19(28)17-18(22)27-33-26-17/h6,8,10-11H,5,7,9H2,1-4H3,(H2,22,27)(H,23,29). The summed E-state index contributed by atoms with van der Waals surface area (Å²) in [4.78, 5) is 21.2. The van der Waals surface area contributed by atoms with Gasteiger partial charge in [-0.15, -0.1) is 0 Å². The highest BCUT2D eigenvalue weighted by atomic mass is 16.6. The van der Waals surface area contributed by atoms with Gasteiger partial charge >= 0.3 is 6.09 Å². The summed E-state index contributed by atoms with van der Waals surface area (Å²) in [7, 11) is 0. The molecule has 0 fully saturated rings. The molecule has 0 atom stereocenters. The van der Waals surface area contributed by atoms with E-state index in [1.165, 1.54) is 0 Å². The zero-order valence-electron chi connectivity index (χ0n) is 18.8. The molecular weight excluding hydrogens is 430 g/mol. The maximum atomic E-state index is 11.8. The van der Waals surface area contributed by atoms with Crippen LogP contribution in [0.2, 0.25) is 0 Å². The molecule has 0 radical (unpaired) electrons. The van der Waals surface area contributed by atoms with Crippen molar-refractivity contribution in [1.82, 2.24) is 30.2 Å². The molecule has 0 aromatic carbocycles. The van der Waals surface area contributed by atoms with Crippen molar-refractivity contribution in [1.29, 1.82) is 0 Å². The molecule has 33 heavy (non-hydrogen) atoms. The molecule has 0 spiro atoms. The van der Waals surface area contributed by atoms with Gasteiger partial charge in [0.25, 0.3) is 0 Å². The summed E-state index contributed by atoms with van der Waals surface area (Å²) in [5.74, 6) is 1.00. The lowest BCUT2D eigenvalue weighted by molar-refractivity contribution is 0.0520. The summed E-state index contributed by atoms with van der Waals surface area (Å²) in [6, 6.07) is 3.56. The Hall–Kier alpha value is -4.09. The number of fused-ring (bicyclic) bond motifs is 1. The molecule has 0 aliphatic heterocycles. The number of amides is 1. The highest BCUT2D eigenvalue weighted by Gasteiger charge is 2.23. The fourth-order valence-electron chi connectivity index (χ4n) is 3.25. The number of nitrogen functional groups attached to an aromatic ring is 1. The Kier molecular flexibility index (Phi) is 5.90. The van der Waals surface area contributed by atoms with E-state index in [0.29, 0.717) is 35.2 Å². The number of imidazole rings is 1. The molecule has 4 rings (SSSR count). The molecule has 0 bridgehead atoms. The summed E-state index contributed by atoms with van der Waals surface area (Å²) in [5.41, 5.74) is 8.36. The lowest BCUT2D eigenvalue weighted by Gasteiger charge is -2.19. The number of hydrogen-bond donors (Lipinski definition) is 2. The molecular formula is C21H25N7O5. The maximum absolute atomic E-state index is 11.8. The molecule has 0 aliphatic rings. The Balaban J connectivity index is 1.64. The molecule has 4 aromatic rings. The third kappa shape index (κ3) is 4.73. The summed E-state index contributed by atoms with van der Waals surface area (Å²) >= 11 is 0. The van der Waals surface area contributed by atoms with E-state index in [2.05, 4.69) is 20.6 Å². The van der Waals surface area contributed by atoms with Crippen molar-refractivity contribution in [3.05, 3.63) is 24.7 Å². The number of nitrogens with one attached hydrogen (secondary N) is 1. The first-order valence-electron chi connectivity index (χ1n) is 10.4. The predicted octanol–water partition coefficient (Wildman–Crippen LogP) is 3.25. The van der Waals surface area contributed by atoms with E-state index in [1.807, 2.05) is 11.5 Å². The number of carbonyl (C=O) groups is 1. The number of nitrogens with zero attached hydrogens (tertiary/aromatic N) is 5. The van der Waals surface area contributed by atoms with Crippen LogP contribution in [0.15, 0.2) is 33.7 Å². The smallest absolute Gasteiger partial charge is 0.407 e. The van der Waals surface area contributed by atoms with Gasteiger partial charge in [-0.2, -0.15) is 0 Å². The van der Waals surface area contributed by atoms with E-state index in [-0.39, 0.29) is 19.0 Å². The molecule has 0 saturated carbocycles. The first-order valence-corrected chi connectivity index (χ1v) is 10.4. The van der Waals surface area contributed by atoms with E-state index >= 15 is 0 Å². The number of carbonyl (C=O) groups excluding carboxylic acids is 1. The molecule has 0 unspecified atom stereocenters. The Morgan fingerprint density at radius 1 is 1.24 bits per heavy atom. The van der Waals surface area contributed by atoms with Crippen LogP contribution in [-0.2, 0) is 11.3 Å². The van der Waals surface area contributed by atoms with Crippen molar-refractivity contribution in [3.63, 3.8) is 0 Å². The topological polar surface area (TPSA) is 156 Å². The highest BCUT2D eigenvalue weighted by molar-refractivity contribution is 5.93.